The molecule has 12 heteroatoms. The Hall–Kier alpha value is -3.57. The molecule has 40 heavy (non-hydrogen) atoms. The van der Waals surface area contributed by atoms with Crippen LogP contribution in [-0.2, 0) is 11.3 Å². The molecule has 0 aliphatic carbocycles. The van der Waals surface area contributed by atoms with Crippen LogP contribution in [0.15, 0.2) is 59.1 Å². The van der Waals surface area contributed by atoms with Crippen LogP contribution in [0.5, 0.6) is 5.75 Å². The van der Waals surface area contributed by atoms with E-state index in [9.17, 15) is 27.6 Å². The van der Waals surface area contributed by atoms with Crippen LogP contribution in [0.3, 0.4) is 0 Å². The molecule has 3 amide bonds. The third-order valence-electron chi connectivity index (χ3n) is 5.47. The largest absolute Gasteiger partial charge is 0.487 e. The fraction of sp³-hybridized carbons (Fsp3) is 0.250. The molecule has 0 aliphatic heterocycles. The number of nitrogens with one attached hydrogen (secondary N) is 3. The number of rotatable bonds is 9. The maximum absolute atomic E-state index is 14.7. The highest BCUT2D eigenvalue weighted by Gasteiger charge is 2.24. The summed E-state index contributed by atoms with van der Waals surface area (Å²) in [6.45, 7) is 4.19. The molecule has 0 unspecified atom stereocenters. The second-order valence-corrected chi connectivity index (χ2v) is 10.9. The average molecular weight is 641 g/mol. The van der Waals surface area contributed by atoms with Gasteiger partial charge >= 0.3 is 0 Å². The third-order valence-corrected chi connectivity index (χ3v) is 6.43. The molecule has 0 atom stereocenters. The fourth-order valence-corrected chi connectivity index (χ4v) is 3.94. The van der Waals surface area contributed by atoms with E-state index in [1.165, 1.54) is 24.3 Å². The number of hydrogen-bond acceptors (Lipinski definition) is 4. The van der Waals surface area contributed by atoms with Crippen LogP contribution in [0.2, 0.25) is 5.02 Å². The average Bonchev–Trinajstić information content (AvgIpc) is 2.88. The summed E-state index contributed by atoms with van der Waals surface area (Å²) in [5.41, 5.74) is -0.492. The van der Waals surface area contributed by atoms with Crippen molar-refractivity contribution < 1.29 is 32.3 Å². The lowest BCUT2D eigenvalue weighted by Gasteiger charge is -2.18. The number of ether oxygens (including phenoxy) is 1. The monoisotopic (exact) mass is 639 g/mol. The second kappa shape index (κ2) is 13.2. The molecule has 3 aromatic carbocycles. The van der Waals surface area contributed by atoms with Crippen molar-refractivity contribution in [3.63, 3.8) is 0 Å². The van der Waals surface area contributed by atoms with Crippen LogP contribution in [0.1, 0.15) is 47.1 Å². The minimum absolute atomic E-state index is 0.0357. The predicted molar refractivity (Wildman–Crippen MR) is 151 cm³/mol. The molecule has 3 rings (SSSR count). The molecule has 0 radical (unpaired) electrons. The quantitative estimate of drug-likeness (QED) is 0.234. The summed E-state index contributed by atoms with van der Waals surface area (Å²) in [5, 5.41) is 7.60. The van der Waals surface area contributed by atoms with Crippen molar-refractivity contribution in [1.82, 2.24) is 5.32 Å². The van der Waals surface area contributed by atoms with Gasteiger partial charge in [0.25, 0.3) is 18.2 Å². The van der Waals surface area contributed by atoms with Crippen LogP contribution in [0.25, 0.3) is 0 Å². The molecule has 0 saturated carbocycles. The van der Waals surface area contributed by atoms with E-state index in [0.29, 0.717) is 11.3 Å². The van der Waals surface area contributed by atoms with Gasteiger partial charge in [0.15, 0.2) is 0 Å². The van der Waals surface area contributed by atoms with Gasteiger partial charge in [-0.25, -0.2) is 13.2 Å². The Morgan fingerprint density at radius 1 is 0.950 bits per heavy atom. The van der Waals surface area contributed by atoms with E-state index in [0.717, 1.165) is 10.5 Å². The minimum Gasteiger partial charge on any atom is -0.487 e. The van der Waals surface area contributed by atoms with E-state index >= 15 is 0 Å². The number of anilines is 2. The smallest absolute Gasteiger partial charge is 0.272 e. The van der Waals surface area contributed by atoms with Crippen LogP contribution in [0, 0.1) is 11.2 Å². The van der Waals surface area contributed by atoms with Crippen molar-refractivity contribution >= 4 is 56.6 Å². The Bertz CT molecular complexity index is 1410. The summed E-state index contributed by atoms with van der Waals surface area (Å²) >= 11 is 9.63. The van der Waals surface area contributed by atoms with Crippen molar-refractivity contribution in [2.75, 3.05) is 17.2 Å². The van der Waals surface area contributed by atoms with Crippen molar-refractivity contribution in [2.24, 2.45) is 5.41 Å². The molecule has 3 N–H and O–H groups in total. The number of carbonyl (C=O) groups is 3. The van der Waals surface area contributed by atoms with Gasteiger partial charge in [-0.3, -0.25) is 14.4 Å². The molecule has 7 nitrogen and oxygen atoms in total. The topological polar surface area (TPSA) is 96.5 Å². The van der Waals surface area contributed by atoms with Crippen LogP contribution >= 0.6 is 27.5 Å². The van der Waals surface area contributed by atoms with Gasteiger partial charge in [-0.1, -0.05) is 54.4 Å². The molecule has 0 bridgehead atoms. The third kappa shape index (κ3) is 8.22. The van der Waals surface area contributed by atoms with Crippen molar-refractivity contribution in [3.05, 3.63) is 86.6 Å². The lowest BCUT2D eigenvalue weighted by molar-refractivity contribution is -0.128. The van der Waals surface area contributed by atoms with Gasteiger partial charge in [0.05, 0.1) is 16.1 Å². The summed E-state index contributed by atoms with van der Waals surface area (Å²) in [6.07, 6.45) is -2.78. The van der Waals surface area contributed by atoms with Crippen molar-refractivity contribution in [1.29, 1.82) is 0 Å². The summed E-state index contributed by atoms with van der Waals surface area (Å²) < 4.78 is 46.1. The molecule has 0 spiro atoms. The standard InChI is InChI=1S/C28H26BrClF3N3O4/c1-28(2,3)27(39)34-13-15-4-10-20(31)23(24(15)30)26(38)36-18-9-11-21(40-14-22(32)33)19(12-18)25(37)35-17-7-5-16(29)6-8-17/h4-12,22H,13-14H2,1-3H3,(H,34,39)(H,35,37)(H,36,38). The van der Waals surface area contributed by atoms with Crippen molar-refractivity contribution in [2.45, 2.75) is 33.7 Å². The molecule has 0 fully saturated rings. The van der Waals surface area contributed by atoms with Crippen LogP contribution in [0.4, 0.5) is 24.5 Å². The lowest BCUT2D eigenvalue weighted by atomic mass is 9.95. The van der Waals surface area contributed by atoms with E-state index in [1.807, 2.05) is 0 Å². The molecule has 0 heterocycles. The lowest BCUT2D eigenvalue weighted by Crippen LogP contribution is -2.34. The number of amides is 3. The SMILES string of the molecule is CC(C)(C)C(=O)NCc1ccc(F)c(C(=O)Nc2ccc(OCC(F)F)c(C(=O)Nc3ccc(Br)cc3)c2)c1Cl. The Kier molecular flexibility index (Phi) is 10.2. The highest BCUT2D eigenvalue weighted by atomic mass is 79.9. The number of carbonyl (C=O) groups excluding carboxylic acids is 3. The molecule has 212 valence electrons. The van der Waals surface area contributed by atoms with Gasteiger partial charge in [0.1, 0.15) is 18.2 Å². The van der Waals surface area contributed by atoms with E-state index in [-0.39, 0.29) is 34.5 Å². The first kappa shape index (κ1) is 31.0. The number of alkyl halides is 2. The van der Waals surface area contributed by atoms with Crippen LogP contribution < -0.4 is 20.7 Å². The zero-order chi connectivity index (χ0) is 29.6. The van der Waals surface area contributed by atoms with Crippen molar-refractivity contribution in [3.8, 4) is 5.75 Å². The number of halogens is 5. The number of hydrogen-bond donors (Lipinski definition) is 3. The summed E-state index contributed by atoms with van der Waals surface area (Å²) in [6, 6.07) is 12.8. The van der Waals surface area contributed by atoms with E-state index in [4.69, 9.17) is 16.3 Å². The van der Waals surface area contributed by atoms with Gasteiger partial charge in [0.2, 0.25) is 5.91 Å². The Morgan fingerprint density at radius 3 is 2.20 bits per heavy atom. The molecule has 0 saturated heterocycles. The van der Waals surface area contributed by atoms with Gasteiger partial charge < -0.3 is 20.7 Å². The first-order valence-corrected chi connectivity index (χ1v) is 13.1. The zero-order valence-electron chi connectivity index (χ0n) is 21.7. The summed E-state index contributed by atoms with van der Waals surface area (Å²) in [4.78, 5) is 38.3. The van der Waals surface area contributed by atoms with Gasteiger partial charge in [-0.2, -0.15) is 0 Å². The first-order valence-electron chi connectivity index (χ1n) is 11.9. The van der Waals surface area contributed by atoms with E-state index < -0.39 is 41.6 Å². The predicted octanol–water partition coefficient (Wildman–Crippen LogP) is 7.05. The zero-order valence-corrected chi connectivity index (χ0v) is 24.1. The highest BCUT2D eigenvalue weighted by molar-refractivity contribution is 9.10. The minimum atomic E-state index is -2.78. The van der Waals surface area contributed by atoms with Gasteiger partial charge in [-0.15, -0.1) is 0 Å². The maximum Gasteiger partial charge on any atom is 0.272 e. The van der Waals surface area contributed by atoms with Gasteiger partial charge in [-0.05, 0) is 54.1 Å². The molecular weight excluding hydrogens is 615 g/mol. The molecule has 3 aromatic rings. The summed E-state index contributed by atoms with van der Waals surface area (Å²) in [5.74, 6) is -2.93. The Labute approximate surface area is 242 Å². The summed E-state index contributed by atoms with van der Waals surface area (Å²) in [7, 11) is 0. The first-order chi connectivity index (χ1) is 18.8. The fourth-order valence-electron chi connectivity index (χ4n) is 3.37. The number of benzene rings is 3. The maximum atomic E-state index is 14.7. The molecular formula is C28H26BrClF3N3O4. The highest BCUT2D eigenvalue weighted by Crippen LogP contribution is 2.28. The Balaban J connectivity index is 1.87. The normalized spacial score (nSPS) is 11.2. The van der Waals surface area contributed by atoms with E-state index in [2.05, 4.69) is 31.9 Å². The van der Waals surface area contributed by atoms with E-state index in [1.54, 1.807) is 45.0 Å². The van der Waals surface area contributed by atoms with Crippen LogP contribution in [-0.4, -0.2) is 30.8 Å². The Morgan fingerprint density at radius 2 is 1.57 bits per heavy atom. The second-order valence-electron chi connectivity index (χ2n) is 9.66. The molecule has 0 aliphatic rings. The molecule has 0 aromatic heterocycles. The van der Waals surface area contributed by atoms with Gasteiger partial charge in [0, 0.05) is 27.8 Å².